The molecule has 1 unspecified atom stereocenters. The van der Waals surface area contributed by atoms with Crippen LogP contribution in [-0.2, 0) is 0 Å². The second-order valence-electron chi connectivity index (χ2n) is 4.78. The molecule has 6 heteroatoms. The summed E-state index contributed by atoms with van der Waals surface area (Å²) in [5.74, 6) is 0.109. The maximum atomic E-state index is 12.4. The van der Waals surface area contributed by atoms with Crippen LogP contribution in [0.4, 0.5) is 5.69 Å². The third kappa shape index (κ3) is 3.93. The van der Waals surface area contributed by atoms with Crippen molar-refractivity contribution < 1.29 is 9.72 Å². The van der Waals surface area contributed by atoms with E-state index in [9.17, 15) is 14.9 Å². The van der Waals surface area contributed by atoms with Crippen LogP contribution >= 0.6 is 11.6 Å². The van der Waals surface area contributed by atoms with Crippen LogP contribution in [0.25, 0.3) is 0 Å². The van der Waals surface area contributed by atoms with Gasteiger partial charge in [-0.1, -0.05) is 31.9 Å². The first-order valence-corrected chi connectivity index (χ1v) is 7.01. The molecule has 5 nitrogen and oxygen atoms in total. The summed E-state index contributed by atoms with van der Waals surface area (Å²) in [6, 6.07) is 3.93. The highest BCUT2D eigenvalue weighted by Gasteiger charge is 2.21. The molecule has 20 heavy (non-hydrogen) atoms. The average Bonchev–Trinajstić information content (AvgIpc) is 2.43. The van der Waals surface area contributed by atoms with Crippen LogP contribution in [0.2, 0.25) is 5.02 Å². The van der Waals surface area contributed by atoms with Crippen molar-refractivity contribution in [3.63, 3.8) is 0 Å². The van der Waals surface area contributed by atoms with Gasteiger partial charge in [0.15, 0.2) is 0 Å². The fourth-order valence-electron chi connectivity index (χ4n) is 1.82. The number of hydrogen-bond acceptors (Lipinski definition) is 3. The molecule has 0 aliphatic carbocycles. The topological polar surface area (TPSA) is 63.5 Å². The minimum atomic E-state index is -0.530. The van der Waals surface area contributed by atoms with E-state index in [4.69, 9.17) is 11.6 Å². The molecule has 0 aliphatic heterocycles. The molecule has 0 spiro atoms. The number of nitro benzene ring substituents is 1. The largest absolute Gasteiger partial charge is 0.339 e. The average molecular weight is 299 g/mol. The Morgan fingerprint density at radius 2 is 2.10 bits per heavy atom. The third-order valence-corrected chi connectivity index (χ3v) is 3.62. The van der Waals surface area contributed by atoms with E-state index in [2.05, 4.69) is 13.8 Å². The number of hydrogen-bond donors (Lipinski definition) is 0. The molecule has 0 aromatic heterocycles. The second-order valence-corrected chi connectivity index (χ2v) is 5.19. The van der Waals surface area contributed by atoms with E-state index in [1.54, 1.807) is 4.90 Å². The Labute approximate surface area is 123 Å². The normalized spacial score (nSPS) is 12.0. The van der Waals surface area contributed by atoms with Crippen molar-refractivity contribution in [1.82, 2.24) is 4.90 Å². The number of nitrogens with zero attached hydrogens (tertiary/aromatic N) is 2. The van der Waals surface area contributed by atoms with E-state index in [0.717, 1.165) is 6.42 Å². The lowest BCUT2D eigenvalue weighted by Crippen LogP contribution is -2.34. The summed E-state index contributed by atoms with van der Waals surface area (Å²) in [5.41, 5.74) is 0.0587. The van der Waals surface area contributed by atoms with Gasteiger partial charge < -0.3 is 4.90 Å². The highest BCUT2D eigenvalue weighted by atomic mass is 35.5. The molecule has 110 valence electrons. The summed E-state index contributed by atoms with van der Waals surface area (Å²) in [7, 11) is 0. The maximum absolute atomic E-state index is 12.4. The van der Waals surface area contributed by atoms with Crippen molar-refractivity contribution in [2.45, 2.75) is 27.2 Å². The smallest absolute Gasteiger partial charge is 0.270 e. The fourth-order valence-corrected chi connectivity index (χ4v) is 2.02. The van der Waals surface area contributed by atoms with E-state index >= 15 is 0 Å². The summed E-state index contributed by atoms with van der Waals surface area (Å²) in [6.45, 7) is 7.16. The SMILES string of the molecule is CCC(C)CN(CC)C(=O)c1cc([N+](=O)[O-])ccc1Cl. The first kappa shape index (κ1) is 16.4. The summed E-state index contributed by atoms with van der Waals surface area (Å²) in [4.78, 5) is 24.4. The fraction of sp³-hybridized carbons (Fsp3) is 0.500. The quantitative estimate of drug-likeness (QED) is 0.593. The van der Waals surface area contributed by atoms with E-state index in [-0.39, 0.29) is 22.2 Å². The van der Waals surface area contributed by atoms with Gasteiger partial charge in [-0.2, -0.15) is 0 Å². The van der Waals surface area contributed by atoms with Crippen LogP contribution in [0.15, 0.2) is 18.2 Å². The first-order valence-electron chi connectivity index (χ1n) is 6.63. The molecule has 0 saturated carbocycles. The van der Waals surface area contributed by atoms with Gasteiger partial charge in [-0.25, -0.2) is 0 Å². The Kier molecular flexibility index (Phi) is 5.95. The molecule has 0 radical (unpaired) electrons. The molecule has 1 aromatic rings. The highest BCUT2D eigenvalue weighted by molar-refractivity contribution is 6.33. The third-order valence-electron chi connectivity index (χ3n) is 3.29. The number of amides is 1. The molecule has 0 bridgehead atoms. The van der Waals surface area contributed by atoms with E-state index in [0.29, 0.717) is 19.0 Å². The van der Waals surface area contributed by atoms with E-state index in [1.807, 2.05) is 6.92 Å². The Hall–Kier alpha value is -1.62. The number of carbonyl (C=O) groups excluding carboxylic acids is 1. The van der Waals surface area contributed by atoms with Crippen LogP contribution in [-0.4, -0.2) is 28.8 Å². The van der Waals surface area contributed by atoms with Gasteiger partial charge >= 0.3 is 0 Å². The lowest BCUT2D eigenvalue weighted by Gasteiger charge is -2.24. The van der Waals surface area contributed by atoms with Gasteiger partial charge in [0, 0.05) is 25.2 Å². The molecule has 1 rings (SSSR count). The molecule has 0 N–H and O–H groups in total. The first-order chi connectivity index (χ1) is 9.40. The summed E-state index contributed by atoms with van der Waals surface area (Å²) in [5, 5.41) is 11.0. The zero-order valence-corrected chi connectivity index (χ0v) is 12.7. The van der Waals surface area contributed by atoms with Crippen LogP contribution < -0.4 is 0 Å². The van der Waals surface area contributed by atoms with E-state index < -0.39 is 4.92 Å². The minimum absolute atomic E-state index is 0.127. The lowest BCUT2D eigenvalue weighted by molar-refractivity contribution is -0.384. The van der Waals surface area contributed by atoms with Crippen LogP contribution in [0.5, 0.6) is 0 Å². The Morgan fingerprint density at radius 1 is 1.45 bits per heavy atom. The number of halogens is 1. The van der Waals surface area contributed by atoms with Crippen molar-refractivity contribution in [3.8, 4) is 0 Å². The molecule has 0 aliphatic rings. The zero-order valence-electron chi connectivity index (χ0n) is 11.9. The number of non-ortho nitro benzene ring substituents is 1. The van der Waals surface area contributed by atoms with Crippen LogP contribution in [0.1, 0.15) is 37.6 Å². The van der Waals surface area contributed by atoms with Crippen molar-refractivity contribution in [1.29, 1.82) is 0 Å². The molecule has 0 saturated heterocycles. The number of rotatable bonds is 6. The Balaban J connectivity index is 3.05. The molecule has 1 aromatic carbocycles. The van der Waals surface area contributed by atoms with Gasteiger partial charge in [0.05, 0.1) is 15.5 Å². The van der Waals surface area contributed by atoms with Gasteiger partial charge in [0.1, 0.15) is 0 Å². The van der Waals surface area contributed by atoms with Gasteiger partial charge in [-0.05, 0) is 18.9 Å². The lowest BCUT2D eigenvalue weighted by atomic mass is 10.1. The standard InChI is InChI=1S/C14H19ClN2O3/c1-4-10(3)9-16(5-2)14(18)12-8-11(17(19)20)6-7-13(12)15/h6-8,10H,4-5,9H2,1-3H3. The minimum Gasteiger partial charge on any atom is -0.339 e. The van der Waals surface area contributed by atoms with Gasteiger partial charge in [0.25, 0.3) is 11.6 Å². The number of carbonyl (C=O) groups is 1. The summed E-state index contributed by atoms with van der Waals surface area (Å²) < 4.78 is 0. The van der Waals surface area contributed by atoms with E-state index in [1.165, 1.54) is 18.2 Å². The molecule has 1 amide bonds. The molecular formula is C14H19ClN2O3. The second kappa shape index (κ2) is 7.24. The Morgan fingerprint density at radius 3 is 2.60 bits per heavy atom. The summed E-state index contributed by atoms with van der Waals surface area (Å²) >= 11 is 6.00. The predicted octanol–water partition coefficient (Wildman–Crippen LogP) is 3.76. The summed E-state index contributed by atoms with van der Waals surface area (Å²) in [6.07, 6.45) is 0.965. The highest BCUT2D eigenvalue weighted by Crippen LogP contribution is 2.23. The van der Waals surface area contributed by atoms with Crippen molar-refractivity contribution in [2.75, 3.05) is 13.1 Å². The van der Waals surface area contributed by atoms with Crippen molar-refractivity contribution in [3.05, 3.63) is 38.9 Å². The van der Waals surface area contributed by atoms with Crippen molar-refractivity contribution in [2.24, 2.45) is 5.92 Å². The number of benzene rings is 1. The zero-order chi connectivity index (χ0) is 15.3. The van der Waals surface area contributed by atoms with Gasteiger partial charge in [0.2, 0.25) is 0 Å². The van der Waals surface area contributed by atoms with Gasteiger partial charge in [-0.3, -0.25) is 14.9 Å². The monoisotopic (exact) mass is 298 g/mol. The molecule has 0 fully saturated rings. The van der Waals surface area contributed by atoms with Gasteiger partial charge in [-0.15, -0.1) is 0 Å². The predicted molar refractivity (Wildman–Crippen MR) is 79.1 cm³/mol. The van der Waals surface area contributed by atoms with Crippen LogP contribution in [0.3, 0.4) is 0 Å². The molecule has 0 heterocycles. The number of nitro groups is 1. The maximum Gasteiger partial charge on any atom is 0.270 e. The molecule has 1 atom stereocenters. The van der Waals surface area contributed by atoms with Crippen molar-refractivity contribution >= 4 is 23.2 Å². The molecular weight excluding hydrogens is 280 g/mol. The van der Waals surface area contributed by atoms with Crippen LogP contribution in [0, 0.1) is 16.0 Å². The Bertz CT molecular complexity index is 505.